The minimum absolute atomic E-state index is 0.342. The Hall–Kier alpha value is -2.80. The first-order valence-corrected chi connectivity index (χ1v) is 11.0. The Bertz CT molecular complexity index is 951. The molecule has 2 amide bonds. The number of primary amides is 1. The second-order valence-electron chi connectivity index (χ2n) is 7.36. The number of anilines is 1. The number of aryl methyl sites for hydroxylation is 1. The summed E-state index contributed by atoms with van der Waals surface area (Å²) >= 11 is 1.45. The molecule has 0 aliphatic heterocycles. The number of nitrogens with two attached hydrogens (primary N) is 1. The molecule has 6 nitrogen and oxygen atoms in total. The fourth-order valence-electron chi connectivity index (χ4n) is 3.65. The summed E-state index contributed by atoms with van der Waals surface area (Å²) in [7, 11) is 1.56. The third kappa shape index (κ3) is 4.84. The first-order chi connectivity index (χ1) is 14.4. The van der Waals surface area contributed by atoms with Gasteiger partial charge in [-0.2, -0.15) is 0 Å². The molecule has 1 atom stereocenters. The lowest BCUT2D eigenvalue weighted by Gasteiger charge is -2.17. The van der Waals surface area contributed by atoms with E-state index in [2.05, 4.69) is 11.9 Å². The zero-order valence-electron chi connectivity index (χ0n) is 17.5. The molecular weight excluding hydrogens is 400 g/mol. The van der Waals surface area contributed by atoms with Crippen molar-refractivity contribution in [1.82, 2.24) is 0 Å². The number of amides is 2. The highest BCUT2D eigenvalue weighted by atomic mass is 32.1. The number of thiophene rings is 1. The summed E-state index contributed by atoms with van der Waals surface area (Å²) in [4.78, 5) is 26.0. The molecule has 0 radical (unpaired) electrons. The molecule has 1 heterocycles. The molecule has 1 aliphatic rings. The highest BCUT2D eigenvalue weighted by Gasteiger charge is 2.26. The molecule has 30 heavy (non-hydrogen) atoms. The predicted octanol–water partition coefficient (Wildman–Crippen LogP) is 4.26. The number of benzene rings is 1. The van der Waals surface area contributed by atoms with Crippen LogP contribution in [0.25, 0.3) is 0 Å². The number of allylic oxidation sites excluding steroid dienone is 1. The van der Waals surface area contributed by atoms with Crippen molar-refractivity contribution in [2.24, 2.45) is 5.73 Å². The van der Waals surface area contributed by atoms with Gasteiger partial charge in [0.05, 0.1) is 12.7 Å². The van der Waals surface area contributed by atoms with Crippen molar-refractivity contribution in [3.8, 4) is 11.5 Å². The summed E-state index contributed by atoms with van der Waals surface area (Å²) in [6, 6.07) is 5.55. The molecule has 1 aromatic heterocycles. The van der Waals surface area contributed by atoms with Gasteiger partial charge in [-0.25, -0.2) is 0 Å². The van der Waals surface area contributed by atoms with Crippen LogP contribution in [-0.2, 0) is 24.1 Å². The second kappa shape index (κ2) is 9.80. The van der Waals surface area contributed by atoms with Crippen molar-refractivity contribution in [2.45, 2.75) is 51.6 Å². The average Bonchev–Trinajstić information content (AvgIpc) is 2.90. The summed E-state index contributed by atoms with van der Waals surface area (Å²) < 4.78 is 11.3. The third-order valence-corrected chi connectivity index (χ3v) is 6.39. The molecule has 3 N–H and O–H groups in total. The van der Waals surface area contributed by atoms with Crippen LogP contribution >= 0.6 is 11.3 Å². The maximum atomic E-state index is 12.8. The molecule has 3 rings (SSSR count). The third-order valence-electron chi connectivity index (χ3n) is 5.19. The van der Waals surface area contributed by atoms with E-state index >= 15 is 0 Å². The van der Waals surface area contributed by atoms with Gasteiger partial charge in [-0.3, -0.25) is 9.59 Å². The number of carbonyl (C=O) groups excluding carboxylic acids is 2. The fraction of sp³-hybridized carbons (Fsp3) is 0.391. The van der Waals surface area contributed by atoms with Gasteiger partial charge in [0.15, 0.2) is 17.6 Å². The van der Waals surface area contributed by atoms with Crippen LogP contribution < -0.4 is 20.5 Å². The largest absolute Gasteiger partial charge is 0.493 e. The smallest absolute Gasteiger partial charge is 0.265 e. The van der Waals surface area contributed by atoms with E-state index in [0.717, 1.165) is 48.1 Å². The van der Waals surface area contributed by atoms with E-state index in [1.807, 2.05) is 18.2 Å². The maximum absolute atomic E-state index is 12.8. The summed E-state index contributed by atoms with van der Waals surface area (Å²) in [5.74, 6) is 0.184. The highest BCUT2D eigenvalue weighted by Crippen LogP contribution is 2.37. The van der Waals surface area contributed by atoms with Gasteiger partial charge < -0.3 is 20.5 Å². The zero-order chi connectivity index (χ0) is 21.7. The first-order valence-electron chi connectivity index (χ1n) is 10.1. The minimum Gasteiger partial charge on any atom is -0.493 e. The van der Waals surface area contributed by atoms with Crippen molar-refractivity contribution in [3.63, 3.8) is 0 Å². The van der Waals surface area contributed by atoms with E-state index in [1.54, 1.807) is 20.1 Å². The number of ether oxygens (including phenoxy) is 2. The van der Waals surface area contributed by atoms with E-state index < -0.39 is 12.0 Å². The van der Waals surface area contributed by atoms with Crippen LogP contribution in [0.1, 0.15) is 52.5 Å². The first kappa shape index (κ1) is 21.9. The molecule has 1 aliphatic carbocycles. The van der Waals surface area contributed by atoms with Crippen LogP contribution in [0.2, 0.25) is 0 Å². The Morgan fingerprint density at radius 2 is 2.03 bits per heavy atom. The molecule has 7 heteroatoms. The molecule has 0 saturated heterocycles. The summed E-state index contributed by atoms with van der Waals surface area (Å²) in [6.45, 7) is 5.40. The molecule has 0 spiro atoms. The molecule has 0 bridgehead atoms. The number of hydrogen-bond donors (Lipinski definition) is 2. The number of hydrogen-bond acceptors (Lipinski definition) is 5. The Kier molecular flexibility index (Phi) is 7.15. The lowest BCUT2D eigenvalue weighted by Crippen LogP contribution is -2.30. The Labute approximate surface area is 181 Å². The van der Waals surface area contributed by atoms with E-state index in [4.69, 9.17) is 15.2 Å². The quantitative estimate of drug-likeness (QED) is 0.486. The Morgan fingerprint density at radius 1 is 1.27 bits per heavy atom. The normalized spacial score (nSPS) is 14.2. The van der Waals surface area contributed by atoms with Crippen molar-refractivity contribution in [1.29, 1.82) is 0 Å². The van der Waals surface area contributed by atoms with Crippen molar-refractivity contribution in [3.05, 3.63) is 52.4 Å². The SMILES string of the molecule is C=CCc1ccc(O[C@H](C)C(=O)Nc2sc3c(c2C(N)=O)CCCCC3)c(OC)c1. The van der Waals surface area contributed by atoms with Crippen LogP contribution in [-0.4, -0.2) is 25.0 Å². The van der Waals surface area contributed by atoms with E-state index in [9.17, 15) is 9.59 Å². The van der Waals surface area contributed by atoms with Gasteiger partial charge in [0.2, 0.25) is 0 Å². The second-order valence-corrected chi connectivity index (χ2v) is 8.47. The van der Waals surface area contributed by atoms with Crippen LogP contribution in [0.5, 0.6) is 11.5 Å². The van der Waals surface area contributed by atoms with Gasteiger partial charge in [0, 0.05) is 4.88 Å². The zero-order valence-corrected chi connectivity index (χ0v) is 18.3. The van der Waals surface area contributed by atoms with Crippen LogP contribution in [0.3, 0.4) is 0 Å². The molecular formula is C23H28N2O4S. The van der Waals surface area contributed by atoms with E-state index in [1.165, 1.54) is 11.3 Å². The lowest BCUT2D eigenvalue weighted by molar-refractivity contribution is -0.122. The molecule has 160 valence electrons. The van der Waals surface area contributed by atoms with Crippen LogP contribution in [0.4, 0.5) is 5.00 Å². The Balaban J connectivity index is 1.76. The van der Waals surface area contributed by atoms with Gasteiger partial charge in [-0.1, -0.05) is 18.6 Å². The molecule has 1 aromatic carbocycles. The van der Waals surface area contributed by atoms with E-state index in [-0.39, 0.29) is 5.91 Å². The summed E-state index contributed by atoms with van der Waals surface area (Å²) in [6.07, 6.45) is 6.72. The predicted molar refractivity (Wildman–Crippen MR) is 120 cm³/mol. The topological polar surface area (TPSA) is 90.6 Å². The summed E-state index contributed by atoms with van der Waals surface area (Å²) in [5.41, 5.74) is 8.13. The van der Waals surface area contributed by atoms with Crippen LogP contribution in [0.15, 0.2) is 30.9 Å². The van der Waals surface area contributed by atoms with Crippen LogP contribution in [0, 0.1) is 0 Å². The van der Waals surface area contributed by atoms with Crippen molar-refractivity contribution >= 4 is 28.2 Å². The number of fused-ring (bicyclic) bond motifs is 1. The van der Waals surface area contributed by atoms with Gasteiger partial charge >= 0.3 is 0 Å². The lowest BCUT2D eigenvalue weighted by atomic mass is 10.1. The molecule has 2 aromatic rings. The fourth-order valence-corrected chi connectivity index (χ4v) is 4.95. The maximum Gasteiger partial charge on any atom is 0.265 e. The number of methoxy groups -OCH3 is 1. The summed E-state index contributed by atoms with van der Waals surface area (Å²) in [5, 5.41) is 3.38. The van der Waals surface area contributed by atoms with Gasteiger partial charge in [0.25, 0.3) is 11.8 Å². The minimum atomic E-state index is -0.785. The average molecular weight is 429 g/mol. The molecule has 0 fully saturated rings. The van der Waals surface area contributed by atoms with Gasteiger partial charge in [-0.15, -0.1) is 17.9 Å². The highest BCUT2D eigenvalue weighted by molar-refractivity contribution is 7.17. The van der Waals surface area contributed by atoms with Gasteiger partial charge in [0.1, 0.15) is 5.00 Å². The van der Waals surface area contributed by atoms with Crippen molar-refractivity contribution in [2.75, 3.05) is 12.4 Å². The Morgan fingerprint density at radius 3 is 2.73 bits per heavy atom. The van der Waals surface area contributed by atoms with Crippen molar-refractivity contribution < 1.29 is 19.1 Å². The standard InChI is InChI=1S/C23H28N2O4S/c1-4-8-15-11-12-17(18(13-15)28-3)29-14(2)22(27)25-23-20(21(24)26)16-9-6-5-7-10-19(16)30-23/h4,11-14H,1,5-10H2,2-3H3,(H2,24,26)(H,25,27)/t14-/m1/s1. The van der Waals surface area contributed by atoms with E-state index in [0.29, 0.717) is 28.5 Å². The van der Waals surface area contributed by atoms with Gasteiger partial charge in [-0.05, 0) is 62.3 Å². The number of nitrogens with one attached hydrogen (secondary N) is 1. The number of rotatable bonds is 8. The monoisotopic (exact) mass is 428 g/mol. The number of carbonyl (C=O) groups is 2. The molecule has 0 saturated carbocycles. The molecule has 0 unspecified atom stereocenters.